The predicted octanol–water partition coefficient (Wildman–Crippen LogP) is 2.30. The van der Waals surface area contributed by atoms with Gasteiger partial charge >= 0.3 is 0 Å². The van der Waals surface area contributed by atoms with Crippen molar-refractivity contribution in [1.82, 2.24) is 10.3 Å². The van der Waals surface area contributed by atoms with Gasteiger partial charge in [0.2, 0.25) is 0 Å². The van der Waals surface area contributed by atoms with Crippen molar-refractivity contribution in [2.45, 2.75) is 51.2 Å². The summed E-state index contributed by atoms with van der Waals surface area (Å²) in [6.07, 6.45) is 5.38. The molecule has 0 saturated heterocycles. The molecule has 0 spiro atoms. The van der Waals surface area contributed by atoms with Gasteiger partial charge in [0.15, 0.2) is 5.13 Å². The number of nitrogens with zero attached hydrogens (tertiary/aromatic N) is 2. The minimum Gasteiger partial charge on any atom is -0.348 e. The van der Waals surface area contributed by atoms with Crippen molar-refractivity contribution >= 4 is 16.5 Å². The molecule has 16 heavy (non-hydrogen) atoms. The maximum Gasteiger partial charge on any atom is 0.185 e. The van der Waals surface area contributed by atoms with Crippen LogP contribution in [0.1, 0.15) is 36.3 Å². The standard InChI is InChI=1S/C12H19N3S/c1-8-11(7-13-9-3-4-9)16-12(14-8)15(2)10-5-6-10/h9-10,13H,3-7H2,1-2H3. The molecule has 3 nitrogen and oxygen atoms in total. The fourth-order valence-corrected chi connectivity index (χ4v) is 2.91. The zero-order valence-electron chi connectivity index (χ0n) is 9.99. The molecule has 1 heterocycles. The van der Waals surface area contributed by atoms with E-state index in [4.69, 9.17) is 0 Å². The van der Waals surface area contributed by atoms with Crippen LogP contribution in [0.5, 0.6) is 0 Å². The normalized spacial score (nSPS) is 20.1. The highest BCUT2D eigenvalue weighted by molar-refractivity contribution is 7.15. The second-order valence-corrected chi connectivity index (χ2v) is 6.06. The third kappa shape index (κ3) is 2.23. The van der Waals surface area contributed by atoms with Crippen LogP contribution in [0.4, 0.5) is 5.13 Å². The number of aromatic nitrogens is 1. The molecule has 1 aromatic heterocycles. The molecule has 4 heteroatoms. The van der Waals surface area contributed by atoms with E-state index in [1.807, 2.05) is 11.3 Å². The van der Waals surface area contributed by atoms with Gasteiger partial charge in [0.1, 0.15) is 0 Å². The number of nitrogens with one attached hydrogen (secondary N) is 1. The average Bonchev–Trinajstić information content (AvgIpc) is 3.13. The Kier molecular flexibility index (Phi) is 2.64. The van der Waals surface area contributed by atoms with Crippen LogP contribution in [-0.2, 0) is 6.54 Å². The van der Waals surface area contributed by atoms with Crippen LogP contribution in [0, 0.1) is 6.92 Å². The van der Waals surface area contributed by atoms with Gasteiger partial charge in [0.25, 0.3) is 0 Å². The van der Waals surface area contributed by atoms with Gasteiger partial charge in [-0.1, -0.05) is 0 Å². The van der Waals surface area contributed by atoms with E-state index in [2.05, 4.69) is 29.2 Å². The van der Waals surface area contributed by atoms with Crippen LogP contribution >= 0.6 is 11.3 Å². The van der Waals surface area contributed by atoms with Crippen LogP contribution in [0.3, 0.4) is 0 Å². The minimum atomic E-state index is 0.759. The summed E-state index contributed by atoms with van der Waals surface area (Å²) in [6, 6.07) is 1.54. The highest BCUT2D eigenvalue weighted by Crippen LogP contribution is 2.34. The zero-order valence-corrected chi connectivity index (χ0v) is 10.8. The summed E-state index contributed by atoms with van der Waals surface area (Å²) in [5, 5.41) is 4.76. The van der Waals surface area contributed by atoms with Gasteiger partial charge in [-0.2, -0.15) is 0 Å². The quantitative estimate of drug-likeness (QED) is 0.851. The smallest absolute Gasteiger partial charge is 0.185 e. The van der Waals surface area contributed by atoms with E-state index in [1.165, 1.54) is 41.4 Å². The molecule has 0 unspecified atom stereocenters. The first kappa shape index (κ1) is 10.5. The average molecular weight is 237 g/mol. The van der Waals surface area contributed by atoms with Crippen molar-refractivity contribution < 1.29 is 0 Å². The van der Waals surface area contributed by atoms with Crippen molar-refractivity contribution in [2.24, 2.45) is 0 Å². The molecule has 2 fully saturated rings. The van der Waals surface area contributed by atoms with E-state index in [1.54, 1.807) is 0 Å². The Morgan fingerprint density at radius 3 is 2.75 bits per heavy atom. The van der Waals surface area contributed by atoms with Gasteiger partial charge in [-0.25, -0.2) is 4.98 Å². The molecular weight excluding hydrogens is 218 g/mol. The molecule has 0 amide bonds. The first-order valence-corrected chi connectivity index (χ1v) is 6.98. The molecule has 1 N–H and O–H groups in total. The van der Waals surface area contributed by atoms with Crippen LogP contribution in [0.25, 0.3) is 0 Å². The second kappa shape index (κ2) is 4.00. The van der Waals surface area contributed by atoms with Crippen LogP contribution in [-0.4, -0.2) is 24.1 Å². The number of hydrogen-bond acceptors (Lipinski definition) is 4. The molecule has 2 aliphatic rings. The summed E-state index contributed by atoms with van der Waals surface area (Å²) < 4.78 is 0. The maximum absolute atomic E-state index is 4.67. The molecule has 0 aromatic carbocycles. The lowest BCUT2D eigenvalue weighted by molar-refractivity contribution is 0.691. The molecule has 88 valence electrons. The van der Waals surface area contributed by atoms with Crippen LogP contribution in [0.15, 0.2) is 0 Å². The maximum atomic E-state index is 4.67. The van der Waals surface area contributed by atoms with Gasteiger partial charge in [-0.3, -0.25) is 0 Å². The largest absolute Gasteiger partial charge is 0.348 e. The topological polar surface area (TPSA) is 28.2 Å². The Morgan fingerprint density at radius 1 is 1.38 bits per heavy atom. The first-order chi connectivity index (χ1) is 7.74. The molecule has 0 radical (unpaired) electrons. The zero-order chi connectivity index (χ0) is 11.1. The van der Waals surface area contributed by atoms with Gasteiger partial charge < -0.3 is 10.2 Å². The monoisotopic (exact) mass is 237 g/mol. The minimum absolute atomic E-state index is 0.759. The van der Waals surface area contributed by atoms with Crippen molar-refractivity contribution in [3.05, 3.63) is 10.6 Å². The molecule has 2 aliphatic carbocycles. The lowest BCUT2D eigenvalue weighted by atomic mass is 10.4. The van der Waals surface area contributed by atoms with Crippen molar-refractivity contribution in [2.75, 3.05) is 11.9 Å². The second-order valence-electron chi connectivity index (χ2n) is 5.00. The van der Waals surface area contributed by atoms with E-state index in [9.17, 15) is 0 Å². The molecule has 3 rings (SSSR count). The third-order valence-electron chi connectivity index (χ3n) is 3.41. The first-order valence-electron chi connectivity index (χ1n) is 6.16. The molecule has 0 aliphatic heterocycles. The SMILES string of the molecule is Cc1nc(N(C)C2CC2)sc1CNC1CC1. The summed E-state index contributed by atoms with van der Waals surface area (Å²) in [5.74, 6) is 0. The van der Waals surface area contributed by atoms with Crippen molar-refractivity contribution in [3.63, 3.8) is 0 Å². The fourth-order valence-electron chi connectivity index (χ4n) is 1.87. The summed E-state index contributed by atoms with van der Waals surface area (Å²) in [5.41, 5.74) is 1.21. The number of anilines is 1. The summed E-state index contributed by atoms with van der Waals surface area (Å²) in [4.78, 5) is 8.43. The lowest BCUT2D eigenvalue weighted by Gasteiger charge is -2.13. The number of hydrogen-bond donors (Lipinski definition) is 1. The highest BCUT2D eigenvalue weighted by Gasteiger charge is 2.28. The number of aryl methyl sites for hydroxylation is 1. The van der Waals surface area contributed by atoms with Crippen LogP contribution < -0.4 is 10.2 Å². The predicted molar refractivity (Wildman–Crippen MR) is 68.1 cm³/mol. The molecule has 0 atom stereocenters. The van der Waals surface area contributed by atoms with Gasteiger partial charge in [0, 0.05) is 30.6 Å². The number of rotatable bonds is 5. The molecule has 1 aromatic rings. The Morgan fingerprint density at radius 2 is 2.12 bits per heavy atom. The van der Waals surface area contributed by atoms with Gasteiger partial charge in [-0.05, 0) is 32.6 Å². The Labute approximate surface area is 101 Å². The van der Waals surface area contributed by atoms with E-state index >= 15 is 0 Å². The van der Waals surface area contributed by atoms with E-state index < -0.39 is 0 Å². The van der Waals surface area contributed by atoms with E-state index in [-0.39, 0.29) is 0 Å². The van der Waals surface area contributed by atoms with E-state index in [0.717, 1.165) is 18.6 Å². The summed E-state index contributed by atoms with van der Waals surface area (Å²) in [6.45, 7) is 3.14. The summed E-state index contributed by atoms with van der Waals surface area (Å²) >= 11 is 1.86. The van der Waals surface area contributed by atoms with Crippen molar-refractivity contribution in [1.29, 1.82) is 0 Å². The Hall–Kier alpha value is -0.610. The Balaban J connectivity index is 1.67. The van der Waals surface area contributed by atoms with Crippen LogP contribution in [0.2, 0.25) is 0 Å². The summed E-state index contributed by atoms with van der Waals surface area (Å²) in [7, 11) is 2.17. The Bertz CT molecular complexity index is 380. The van der Waals surface area contributed by atoms with Gasteiger partial charge in [-0.15, -0.1) is 11.3 Å². The van der Waals surface area contributed by atoms with E-state index in [0.29, 0.717) is 0 Å². The van der Waals surface area contributed by atoms with Gasteiger partial charge in [0.05, 0.1) is 5.69 Å². The molecule has 2 saturated carbocycles. The third-order valence-corrected chi connectivity index (χ3v) is 4.65. The van der Waals surface area contributed by atoms with Crippen molar-refractivity contribution in [3.8, 4) is 0 Å². The number of thiazole rings is 1. The fraction of sp³-hybridized carbons (Fsp3) is 0.750. The molecular formula is C12H19N3S. The molecule has 0 bridgehead atoms. The highest BCUT2D eigenvalue weighted by atomic mass is 32.1. The lowest BCUT2D eigenvalue weighted by Crippen LogP contribution is -2.18.